The predicted octanol–water partition coefficient (Wildman–Crippen LogP) is 9.55. The Balaban J connectivity index is 1.55. The summed E-state index contributed by atoms with van der Waals surface area (Å²) < 4.78 is 116. The molecule has 2 aromatic heterocycles. The first-order valence-corrected chi connectivity index (χ1v) is 12.0. The van der Waals surface area contributed by atoms with Gasteiger partial charge < -0.3 is 9.13 Å². The summed E-state index contributed by atoms with van der Waals surface area (Å²) in [5.74, 6) is 0. The van der Waals surface area contributed by atoms with Gasteiger partial charge in [-0.2, -0.15) is 0 Å². The Labute approximate surface area is 238 Å². The number of hydrogen-bond acceptors (Lipinski definition) is 0. The normalized spacial score (nSPS) is 16.5. The number of fused-ring (bicyclic) bond motifs is 6. The van der Waals surface area contributed by atoms with Gasteiger partial charge in [0, 0.05) is 27.2 Å². The number of rotatable bonds is 3. The van der Waals surface area contributed by atoms with Crippen molar-refractivity contribution in [2.24, 2.45) is 0 Å². The van der Waals surface area contributed by atoms with Gasteiger partial charge in [0.05, 0.1) is 45.6 Å². The lowest BCUT2D eigenvalue weighted by atomic mass is 10.1. The molecule has 8 rings (SSSR count). The van der Waals surface area contributed by atoms with Gasteiger partial charge in [0.15, 0.2) is 0 Å². The van der Waals surface area contributed by atoms with Crippen LogP contribution in [0.25, 0.3) is 66.1 Å². The Bertz CT molecular complexity index is 2820. The van der Waals surface area contributed by atoms with Crippen LogP contribution in [0.15, 0.2) is 145 Å². The number of hydrogen-bond donors (Lipinski definition) is 0. The van der Waals surface area contributed by atoms with E-state index in [1.165, 1.54) is 0 Å². The summed E-state index contributed by atoms with van der Waals surface area (Å²) in [5, 5.41) is 2.23. The van der Waals surface area contributed by atoms with Gasteiger partial charge in [-0.3, -0.25) is 0 Å². The van der Waals surface area contributed by atoms with Crippen molar-refractivity contribution >= 4 is 43.6 Å². The van der Waals surface area contributed by atoms with E-state index in [-0.39, 0.29) is 40.9 Å². The SMILES string of the molecule is [2H]c1c([2H])c([2H])c(-c2c([2H])c([2H])c([2H])c(-n3c4ccccc4c4c(-n5c6ccccc6c6c([2H])c([2H])c([2H])c([2H])c65)cccc43)c2[2H])c([2H])c1[2H]. The Morgan fingerprint density at radius 3 is 2.00 bits per heavy atom. The van der Waals surface area contributed by atoms with E-state index in [1.54, 1.807) is 45.5 Å². The van der Waals surface area contributed by atoms with Crippen LogP contribution < -0.4 is 0 Å². The van der Waals surface area contributed by atoms with Crippen molar-refractivity contribution in [2.45, 2.75) is 0 Å². The molecule has 0 bridgehead atoms. The van der Waals surface area contributed by atoms with E-state index in [4.69, 9.17) is 16.4 Å². The maximum absolute atomic E-state index is 9.41. The second-order valence-electron chi connectivity index (χ2n) is 8.82. The van der Waals surface area contributed by atoms with Gasteiger partial charge >= 0.3 is 0 Å². The first-order valence-electron chi connectivity index (χ1n) is 18.5. The van der Waals surface area contributed by atoms with Gasteiger partial charge in [0.25, 0.3) is 0 Å². The maximum Gasteiger partial charge on any atom is 0.0651 e. The quantitative estimate of drug-likeness (QED) is 0.230. The molecule has 0 saturated heterocycles. The zero-order valence-corrected chi connectivity index (χ0v) is 19.7. The van der Waals surface area contributed by atoms with Crippen molar-refractivity contribution in [3.8, 4) is 22.5 Å². The van der Waals surface area contributed by atoms with Crippen LogP contribution in [0.2, 0.25) is 0 Å². The molecular formula is C36H24N2. The van der Waals surface area contributed by atoms with Crippen molar-refractivity contribution in [2.75, 3.05) is 0 Å². The topological polar surface area (TPSA) is 9.86 Å². The smallest absolute Gasteiger partial charge is 0.0651 e. The van der Waals surface area contributed by atoms with Crippen molar-refractivity contribution in [1.82, 2.24) is 9.13 Å². The average Bonchev–Trinajstić information content (AvgIpc) is 3.66. The molecule has 0 aliphatic carbocycles. The molecule has 0 aliphatic rings. The van der Waals surface area contributed by atoms with Crippen LogP contribution >= 0.6 is 0 Å². The highest BCUT2D eigenvalue weighted by atomic mass is 15.0. The molecule has 0 aliphatic heterocycles. The summed E-state index contributed by atoms with van der Waals surface area (Å²) in [5.41, 5.74) is 1.50. The summed E-state index contributed by atoms with van der Waals surface area (Å²) in [6, 6.07) is 13.2. The first kappa shape index (κ1) is 12.0. The van der Waals surface area contributed by atoms with E-state index in [0.717, 1.165) is 0 Å². The summed E-state index contributed by atoms with van der Waals surface area (Å²) >= 11 is 0. The lowest BCUT2D eigenvalue weighted by molar-refractivity contribution is 1.17. The third kappa shape index (κ3) is 3.01. The lowest BCUT2D eigenvalue weighted by Crippen LogP contribution is -1.96. The fourth-order valence-corrected chi connectivity index (χ4v) is 5.29. The summed E-state index contributed by atoms with van der Waals surface area (Å²) in [7, 11) is 0. The minimum Gasteiger partial charge on any atom is -0.309 e. The largest absolute Gasteiger partial charge is 0.309 e. The van der Waals surface area contributed by atoms with E-state index in [9.17, 15) is 1.37 Å². The highest BCUT2D eigenvalue weighted by molar-refractivity contribution is 6.16. The van der Waals surface area contributed by atoms with Crippen LogP contribution in [0.1, 0.15) is 17.8 Å². The molecule has 2 heterocycles. The molecule has 0 atom stereocenters. The average molecular weight is 498 g/mol. The summed E-state index contributed by atoms with van der Waals surface area (Å²) in [6.45, 7) is 0. The van der Waals surface area contributed by atoms with E-state index >= 15 is 0 Å². The summed E-state index contributed by atoms with van der Waals surface area (Å²) in [6.07, 6.45) is 0. The van der Waals surface area contributed by atoms with Crippen LogP contribution in [0.3, 0.4) is 0 Å². The van der Waals surface area contributed by atoms with Gasteiger partial charge in [-0.05, 0) is 53.5 Å². The molecule has 2 nitrogen and oxygen atoms in total. The van der Waals surface area contributed by atoms with Gasteiger partial charge in [0.2, 0.25) is 0 Å². The van der Waals surface area contributed by atoms with E-state index in [2.05, 4.69) is 0 Å². The van der Waals surface area contributed by atoms with Crippen LogP contribution in [0, 0.1) is 0 Å². The molecule has 0 N–H and O–H groups in total. The summed E-state index contributed by atoms with van der Waals surface area (Å²) in [4.78, 5) is 0. The fraction of sp³-hybridized carbons (Fsp3) is 0. The third-order valence-corrected chi connectivity index (χ3v) is 6.81. The fourth-order valence-electron chi connectivity index (χ4n) is 5.29. The van der Waals surface area contributed by atoms with Crippen LogP contribution in [-0.4, -0.2) is 9.13 Å². The maximum atomic E-state index is 9.41. The molecule has 0 fully saturated rings. The molecule has 0 saturated carbocycles. The van der Waals surface area contributed by atoms with Crippen LogP contribution in [0.5, 0.6) is 0 Å². The molecule has 0 amide bonds. The Morgan fingerprint density at radius 1 is 0.447 bits per heavy atom. The minimum atomic E-state index is -0.654. The standard InChI is InChI=1S/C36H24N2/c1-2-12-25(13-3-1)26-14-10-15-27(24-26)37-33-21-9-6-18-30(33)36-34(37)22-11-23-35(36)38-31-19-7-4-16-28(31)29-17-5-8-20-32(29)38/h1-24H/i1D,2D,3D,4D,7D,10D,12D,13D,14D,15D,16D,19D,24D. The van der Waals surface area contributed by atoms with E-state index in [0.29, 0.717) is 43.8 Å². The van der Waals surface area contributed by atoms with Gasteiger partial charge in [-0.1, -0.05) is 103 Å². The molecule has 0 unspecified atom stereocenters. The molecule has 178 valence electrons. The van der Waals surface area contributed by atoms with Crippen LogP contribution in [-0.2, 0) is 0 Å². The molecule has 0 spiro atoms. The van der Waals surface area contributed by atoms with Crippen LogP contribution in [0.4, 0.5) is 0 Å². The molecular weight excluding hydrogens is 460 g/mol. The zero-order valence-electron chi connectivity index (χ0n) is 32.7. The van der Waals surface area contributed by atoms with Gasteiger partial charge in [-0.15, -0.1) is 0 Å². The highest BCUT2D eigenvalue weighted by Crippen LogP contribution is 2.40. The van der Waals surface area contributed by atoms with Crippen molar-refractivity contribution < 1.29 is 17.8 Å². The first-order chi connectivity index (χ1) is 24.3. The number of nitrogens with zero attached hydrogens (tertiary/aromatic N) is 2. The molecule has 8 aromatic rings. The molecule has 6 aromatic carbocycles. The number of aromatic nitrogens is 2. The van der Waals surface area contributed by atoms with Crippen molar-refractivity contribution in [1.29, 1.82) is 0 Å². The molecule has 0 radical (unpaired) electrons. The predicted molar refractivity (Wildman–Crippen MR) is 161 cm³/mol. The Kier molecular flexibility index (Phi) is 2.59. The lowest BCUT2D eigenvalue weighted by Gasteiger charge is -2.12. The van der Waals surface area contributed by atoms with Gasteiger partial charge in [-0.25, -0.2) is 0 Å². The number of para-hydroxylation sites is 3. The van der Waals surface area contributed by atoms with E-state index in [1.807, 2.05) is 30.3 Å². The second-order valence-corrected chi connectivity index (χ2v) is 8.82. The number of benzene rings is 6. The third-order valence-electron chi connectivity index (χ3n) is 6.81. The Hall–Kier alpha value is -5.08. The Morgan fingerprint density at radius 2 is 1.13 bits per heavy atom. The minimum absolute atomic E-state index is 0.134. The zero-order chi connectivity index (χ0) is 36.4. The monoisotopic (exact) mass is 497 g/mol. The second kappa shape index (κ2) is 8.22. The highest BCUT2D eigenvalue weighted by Gasteiger charge is 2.19. The van der Waals surface area contributed by atoms with Crippen molar-refractivity contribution in [3.05, 3.63) is 145 Å². The molecule has 2 heteroatoms. The molecule has 38 heavy (non-hydrogen) atoms. The van der Waals surface area contributed by atoms with Crippen molar-refractivity contribution in [3.63, 3.8) is 0 Å². The van der Waals surface area contributed by atoms with E-state index < -0.39 is 59.9 Å². The van der Waals surface area contributed by atoms with Gasteiger partial charge in [0.1, 0.15) is 0 Å².